The van der Waals surface area contributed by atoms with E-state index in [4.69, 9.17) is 15.2 Å². The smallest absolute Gasteiger partial charge is 0.246 e. The van der Waals surface area contributed by atoms with E-state index in [-0.39, 0.29) is 10.6 Å². The van der Waals surface area contributed by atoms with E-state index in [0.29, 0.717) is 32.0 Å². The highest BCUT2D eigenvalue weighted by molar-refractivity contribution is 7.89. The van der Waals surface area contributed by atoms with Crippen LogP contribution in [0.25, 0.3) is 0 Å². The Hall–Kier alpha value is -1.84. The molecule has 9 heteroatoms. The van der Waals surface area contributed by atoms with Crippen molar-refractivity contribution in [1.82, 2.24) is 4.31 Å². The van der Waals surface area contributed by atoms with Gasteiger partial charge in [0.05, 0.1) is 20.3 Å². The monoisotopic (exact) mass is 343 g/mol. The van der Waals surface area contributed by atoms with Crippen LogP contribution < -0.4 is 15.8 Å². The van der Waals surface area contributed by atoms with Crippen molar-refractivity contribution < 1.29 is 22.7 Å². The Morgan fingerprint density at radius 2 is 2.04 bits per heavy atom. The Morgan fingerprint density at radius 1 is 1.39 bits per heavy atom. The molecule has 3 N–H and O–H groups in total. The van der Waals surface area contributed by atoms with Gasteiger partial charge < -0.3 is 20.5 Å². The number of morpholine rings is 1. The molecule has 0 aromatic heterocycles. The lowest BCUT2D eigenvalue weighted by molar-refractivity contribution is -0.118. The maximum Gasteiger partial charge on any atom is 0.246 e. The van der Waals surface area contributed by atoms with Crippen molar-refractivity contribution >= 4 is 21.6 Å². The maximum atomic E-state index is 12.8. The Labute approximate surface area is 135 Å². The fourth-order valence-electron chi connectivity index (χ4n) is 2.22. The molecule has 1 aliphatic heterocycles. The molecule has 8 nitrogen and oxygen atoms in total. The molecule has 1 saturated heterocycles. The van der Waals surface area contributed by atoms with Gasteiger partial charge in [0.2, 0.25) is 15.9 Å². The summed E-state index contributed by atoms with van der Waals surface area (Å²) in [6.45, 7) is 2.90. The Morgan fingerprint density at radius 3 is 2.61 bits per heavy atom. The van der Waals surface area contributed by atoms with E-state index in [1.54, 1.807) is 19.1 Å². The molecule has 23 heavy (non-hydrogen) atoms. The molecule has 2 rings (SSSR count). The SMILES string of the molecule is COc1ccc(NC(C)C(N)=O)cc1S(=O)(=O)N1CCOCC1. The summed E-state index contributed by atoms with van der Waals surface area (Å²) >= 11 is 0. The second-order valence-electron chi connectivity index (χ2n) is 5.15. The zero-order valence-corrected chi connectivity index (χ0v) is 13.9. The third-order valence-electron chi connectivity index (χ3n) is 3.56. The second kappa shape index (κ2) is 7.16. The fraction of sp³-hybridized carbons (Fsp3) is 0.500. The first-order chi connectivity index (χ1) is 10.9. The molecule has 1 aliphatic rings. The Kier molecular flexibility index (Phi) is 5.45. The topological polar surface area (TPSA) is 111 Å². The predicted molar refractivity (Wildman–Crippen MR) is 84.9 cm³/mol. The van der Waals surface area contributed by atoms with Gasteiger partial charge in [-0.1, -0.05) is 0 Å². The number of nitrogens with two attached hydrogens (primary N) is 1. The van der Waals surface area contributed by atoms with Crippen molar-refractivity contribution in [2.45, 2.75) is 17.9 Å². The van der Waals surface area contributed by atoms with Crippen LogP contribution in [0, 0.1) is 0 Å². The summed E-state index contributed by atoms with van der Waals surface area (Å²) < 4.78 is 37.3. The van der Waals surface area contributed by atoms with Crippen LogP contribution in [0.3, 0.4) is 0 Å². The number of primary amides is 1. The van der Waals surface area contributed by atoms with Gasteiger partial charge in [-0.3, -0.25) is 4.79 Å². The number of methoxy groups -OCH3 is 1. The number of benzene rings is 1. The van der Waals surface area contributed by atoms with Crippen LogP contribution in [0.1, 0.15) is 6.92 Å². The first-order valence-electron chi connectivity index (χ1n) is 7.18. The van der Waals surface area contributed by atoms with Crippen LogP contribution in [0.5, 0.6) is 5.75 Å². The highest BCUT2D eigenvalue weighted by Crippen LogP contribution is 2.30. The number of ether oxygens (including phenoxy) is 2. The zero-order valence-electron chi connectivity index (χ0n) is 13.1. The molecular formula is C14H21N3O5S. The summed E-state index contributed by atoms with van der Waals surface area (Å²) in [6.07, 6.45) is 0. The molecule has 1 unspecified atom stereocenters. The van der Waals surface area contributed by atoms with Gasteiger partial charge in [0.1, 0.15) is 16.7 Å². The van der Waals surface area contributed by atoms with Gasteiger partial charge in [-0.25, -0.2) is 8.42 Å². The number of amides is 1. The lowest BCUT2D eigenvalue weighted by atomic mass is 10.2. The van der Waals surface area contributed by atoms with E-state index in [0.717, 1.165) is 0 Å². The predicted octanol–water partition coefficient (Wildman–Crippen LogP) is 0.00180. The van der Waals surface area contributed by atoms with Crippen molar-refractivity contribution in [2.75, 3.05) is 38.7 Å². The summed E-state index contributed by atoms with van der Waals surface area (Å²) in [5.41, 5.74) is 5.69. The first kappa shape index (κ1) is 17.5. The highest BCUT2D eigenvalue weighted by atomic mass is 32.2. The standard InChI is InChI=1S/C14H21N3O5S/c1-10(14(15)18)16-11-3-4-12(21-2)13(9-11)23(19,20)17-5-7-22-8-6-17/h3-4,9-10,16H,5-8H2,1-2H3,(H2,15,18). The molecule has 1 aromatic carbocycles. The average molecular weight is 343 g/mol. The van der Waals surface area contributed by atoms with Crippen molar-refractivity contribution in [3.63, 3.8) is 0 Å². The summed E-state index contributed by atoms with van der Waals surface area (Å²) in [6, 6.07) is 4.01. The third kappa shape index (κ3) is 3.92. The minimum Gasteiger partial charge on any atom is -0.495 e. The van der Waals surface area contributed by atoms with Crippen molar-refractivity contribution in [2.24, 2.45) is 5.73 Å². The lowest BCUT2D eigenvalue weighted by Gasteiger charge is -2.27. The van der Waals surface area contributed by atoms with Gasteiger partial charge in [0, 0.05) is 18.8 Å². The van der Waals surface area contributed by atoms with Crippen molar-refractivity contribution in [3.8, 4) is 5.75 Å². The quantitative estimate of drug-likeness (QED) is 0.752. The molecule has 0 aliphatic carbocycles. The van der Waals surface area contributed by atoms with Crippen molar-refractivity contribution in [1.29, 1.82) is 0 Å². The normalized spacial score (nSPS) is 17.5. The number of anilines is 1. The van der Waals surface area contributed by atoms with Gasteiger partial charge in [-0.2, -0.15) is 4.31 Å². The van der Waals surface area contributed by atoms with E-state index >= 15 is 0 Å². The molecule has 0 spiro atoms. The largest absolute Gasteiger partial charge is 0.495 e. The van der Waals surface area contributed by atoms with Gasteiger partial charge in [0.25, 0.3) is 0 Å². The number of hydrogen-bond donors (Lipinski definition) is 2. The third-order valence-corrected chi connectivity index (χ3v) is 5.48. The number of carbonyl (C=O) groups excluding carboxylic acids is 1. The van der Waals surface area contributed by atoms with Crippen LogP contribution in [-0.4, -0.2) is 58.1 Å². The minimum atomic E-state index is -3.71. The van der Waals surface area contributed by atoms with Crippen LogP contribution in [0.15, 0.2) is 23.1 Å². The summed E-state index contributed by atoms with van der Waals surface area (Å²) in [5, 5.41) is 2.87. The fourth-order valence-corrected chi connectivity index (χ4v) is 3.80. The first-order valence-corrected chi connectivity index (χ1v) is 8.62. The summed E-state index contributed by atoms with van der Waals surface area (Å²) in [5.74, 6) is -0.285. The molecule has 0 radical (unpaired) electrons. The molecule has 0 bridgehead atoms. The molecule has 0 saturated carbocycles. The molecule has 1 amide bonds. The van der Waals surface area contributed by atoms with E-state index in [1.807, 2.05) is 0 Å². The molecule has 128 valence electrons. The van der Waals surface area contributed by atoms with Crippen LogP contribution in [0.2, 0.25) is 0 Å². The highest BCUT2D eigenvalue weighted by Gasteiger charge is 2.29. The number of carbonyl (C=O) groups is 1. The summed E-state index contributed by atoms with van der Waals surface area (Å²) in [4.78, 5) is 11.2. The zero-order chi connectivity index (χ0) is 17.0. The average Bonchev–Trinajstić information content (AvgIpc) is 2.55. The van der Waals surface area contributed by atoms with Gasteiger partial charge >= 0.3 is 0 Å². The lowest BCUT2D eigenvalue weighted by Crippen LogP contribution is -2.40. The number of nitrogens with one attached hydrogen (secondary N) is 1. The number of hydrogen-bond acceptors (Lipinski definition) is 6. The Bertz CT molecular complexity index is 671. The maximum absolute atomic E-state index is 12.8. The van der Waals surface area contributed by atoms with E-state index in [1.165, 1.54) is 17.5 Å². The van der Waals surface area contributed by atoms with E-state index < -0.39 is 22.0 Å². The Balaban J connectivity index is 2.36. The molecular weight excluding hydrogens is 322 g/mol. The number of sulfonamides is 1. The number of nitrogens with zero attached hydrogens (tertiary/aromatic N) is 1. The van der Waals surface area contributed by atoms with Crippen LogP contribution in [-0.2, 0) is 19.6 Å². The van der Waals surface area contributed by atoms with Gasteiger partial charge in [-0.05, 0) is 25.1 Å². The van der Waals surface area contributed by atoms with Crippen LogP contribution >= 0.6 is 0 Å². The van der Waals surface area contributed by atoms with E-state index in [9.17, 15) is 13.2 Å². The van der Waals surface area contributed by atoms with E-state index in [2.05, 4.69) is 5.32 Å². The number of rotatable bonds is 6. The van der Waals surface area contributed by atoms with Crippen LogP contribution in [0.4, 0.5) is 5.69 Å². The molecule has 1 atom stereocenters. The second-order valence-corrected chi connectivity index (χ2v) is 7.06. The molecule has 1 aromatic rings. The van der Waals surface area contributed by atoms with Crippen molar-refractivity contribution in [3.05, 3.63) is 18.2 Å². The summed E-state index contributed by atoms with van der Waals surface area (Å²) in [7, 11) is -2.30. The minimum absolute atomic E-state index is 0.0450. The molecule has 1 fully saturated rings. The molecule has 1 heterocycles. The van der Waals surface area contributed by atoms with Gasteiger partial charge in [0.15, 0.2) is 0 Å². The van der Waals surface area contributed by atoms with Gasteiger partial charge in [-0.15, -0.1) is 0 Å².